The van der Waals surface area contributed by atoms with Gasteiger partial charge in [-0.2, -0.15) is 0 Å². The van der Waals surface area contributed by atoms with Crippen LogP contribution in [-0.2, 0) is 28.7 Å². The second-order valence-corrected chi connectivity index (χ2v) is 45.4. The van der Waals surface area contributed by atoms with Crippen LogP contribution in [0.25, 0.3) is 6.08 Å². The zero-order chi connectivity index (χ0) is 88.6. The van der Waals surface area contributed by atoms with Crippen molar-refractivity contribution in [3.8, 4) is 0 Å². The minimum atomic E-state index is -1.85. The van der Waals surface area contributed by atoms with Crippen molar-refractivity contribution in [1.29, 1.82) is 0 Å². The standard InChI is InChI=1S/C28H31NO4.C21H19N.C19H16BrN.C13H13N.C6H4Br2.C5H6O4.3C4H9.C2H3.4CH4.Sn/c1-5-25(26(27(30)31)20(3)28(32)33-4)21-14-16-23(17-15-21)29(22-11-7-6-8-12-22)24-13-9-10-19(2)18-24;1-3-18-12-14-20(15-13-18)22(19-9-5-4-6-10-19)21-11-7-8-17(2)16-21;1-15-6-5-9-19(14-15)21(17-7-3-2-4-8-17)18-12-10-16(20)11-13-18;1-11-6-5-9-13(10-11)14-12-7-3-2-4-8-12;7-5-1-2-6(8)4-3-5;1-9-5(8)3-2-4(6)7;3*1-3-4-2;1-2;;;;;/h6-18,20,25-26H,5H2,1-4H3,(H,30,31);3-16H,1H2,2H3;2-14H,1H3;2-10,14H,1H3;1-4H;2-3H,1H3,(H,6,7);3*1,3-4H2,2H3;1H,2H2;4*1H4;/b;;;;;3-2-;;;;;;;;;. The third-order valence-electron chi connectivity index (χ3n) is 20.1. The Kier molecular flexibility index (Phi) is 54.3. The van der Waals surface area contributed by atoms with Gasteiger partial charge in [-0.15, -0.1) is 0 Å². The average Bonchev–Trinajstić information content (AvgIpc) is 0.812. The van der Waals surface area contributed by atoms with Gasteiger partial charge >= 0.3 is 126 Å². The van der Waals surface area contributed by atoms with Crippen LogP contribution >= 0.6 is 47.8 Å². The fraction of sp³-hybridized carbons (Fsp3) is 0.255. The van der Waals surface area contributed by atoms with Crippen LogP contribution in [0.3, 0.4) is 0 Å². The number of nitrogens with one attached hydrogen (secondary N) is 1. The van der Waals surface area contributed by atoms with Crippen molar-refractivity contribution in [3.63, 3.8) is 0 Å². The number of benzene rings is 12. The second-order valence-electron chi connectivity index (χ2n) is 29.5. The number of unbranched alkanes of at least 4 members (excludes halogenated alkanes) is 3. The summed E-state index contributed by atoms with van der Waals surface area (Å²) < 4.78 is 19.4. The first-order valence-electron chi connectivity index (χ1n) is 41.5. The number of halogens is 3. The first-order chi connectivity index (χ1) is 58.9. The van der Waals surface area contributed by atoms with Gasteiger partial charge in [-0.1, -0.05) is 250 Å². The van der Waals surface area contributed by atoms with E-state index in [0.717, 1.165) is 93.1 Å². The molecular formula is C110H135Br3N4O8Sn. The van der Waals surface area contributed by atoms with Crippen molar-refractivity contribution in [2.45, 2.75) is 156 Å². The summed E-state index contributed by atoms with van der Waals surface area (Å²) in [5, 5.41) is 21.2. The van der Waals surface area contributed by atoms with E-state index in [1.807, 2.05) is 116 Å². The Morgan fingerprint density at radius 1 is 0.405 bits per heavy atom. The number of nitrogens with zero attached hydrogens (tertiary/aromatic N) is 3. The van der Waals surface area contributed by atoms with Crippen molar-refractivity contribution in [1.82, 2.24) is 0 Å². The molecule has 0 heterocycles. The van der Waals surface area contributed by atoms with Crippen molar-refractivity contribution in [2.75, 3.05) is 34.2 Å². The number of methoxy groups -OCH3 is 2. The molecule has 668 valence electrons. The van der Waals surface area contributed by atoms with Crippen molar-refractivity contribution >= 4 is 159 Å². The minimum Gasteiger partial charge on any atom is -0.481 e. The molecule has 12 aromatic rings. The van der Waals surface area contributed by atoms with Gasteiger partial charge < -0.3 is 39.7 Å². The predicted octanol–water partition coefficient (Wildman–Crippen LogP) is 33.7. The van der Waals surface area contributed by atoms with Crippen LogP contribution < -0.4 is 20.0 Å². The average molecular weight is 2000 g/mol. The molecule has 3 unspecified atom stereocenters. The zero-order valence-corrected chi connectivity index (χ0v) is 80.0. The summed E-state index contributed by atoms with van der Waals surface area (Å²) in [7, 11) is 2.46. The number of esters is 2. The molecule has 0 bridgehead atoms. The Balaban J connectivity index is 0.000000517. The first-order valence-corrected chi connectivity index (χ1v) is 51.6. The Hall–Kier alpha value is -10.8. The van der Waals surface area contributed by atoms with Crippen LogP contribution in [0, 0.1) is 39.5 Å². The largest absolute Gasteiger partial charge is 0.481 e. The number of carbonyl (C=O) groups excluding carboxylic acids is 2. The van der Waals surface area contributed by atoms with E-state index in [1.54, 1.807) is 20.2 Å². The SMILES string of the molecule is Brc1ccc(Br)cc1.C.C.C.C.C=Cc1ccc(N(c2ccccc2)c2cccc(C)c2)cc1.C=[CH][Sn]([CH2]CCC)([CH2]CCC)[CH2]CCC.CCC(c1ccc(N(c2ccccc2)c2cccc(C)c2)cc1)C(C(=O)O)C(C)C(=O)OC.COC(=O)/C=C\C(=O)O.Cc1cccc(N(c2ccccc2)c2ccc(Br)cc2)c1.Cc1cccc(Nc2ccccc2)c1. The number of para-hydroxylation sites is 4. The molecule has 126 heavy (non-hydrogen) atoms. The maximum absolute atomic E-state index is 12.1. The number of carboxylic acids is 2. The van der Waals surface area contributed by atoms with E-state index >= 15 is 0 Å². The molecule has 12 aromatic carbocycles. The fourth-order valence-corrected chi connectivity index (χ4v) is 27.4. The molecule has 0 aliphatic carbocycles. The molecule has 0 amide bonds. The van der Waals surface area contributed by atoms with Crippen LogP contribution in [0.15, 0.2) is 358 Å². The molecule has 16 heteroatoms. The third kappa shape index (κ3) is 38.6. The number of aliphatic carboxylic acids is 2. The summed E-state index contributed by atoms with van der Waals surface area (Å²) in [4.78, 5) is 50.8. The summed E-state index contributed by atoms with van der Waals surface area (Å²) in [5.41, 5.74) is 19.2. The molecule has 12 nitrogen and oxygen atoms in total. The molecule has 0 saturated carbocycles. The maximum atomic E-state index is 12.1. The fourth-order valence-electron chi connectivity index (χ4n) is 13.7. The van der Waals surface area contributed by atoms with Crippen LogP contribution in [0.1, 0.15) is 149 Å². The molecule has 0 aromatic heterocycles. The van der Waals surface area contributed by atoms with E-state index in [0.29, 0.717) is 12.5 Å². The molecule has 0 aliphatic heterocycles. The Morgan fingerprint density at radius 2 is 0.722 bits per heavy atom. The number of ether oxygens (including phenoxy) is 2. The summed E-state index contributed by atoms with van der Waals surface area (Å²) in [6.45, 7) is 26.9. The van der Waals surface area contributed by atoms with Gasteiger partial charge in [0.1, 0.15) is 0 Å². The van der Waals surface area contributed by atoms with Crippen LogP contribution in [0.4, 0.5) is 62.6 Å². The summed E-state index contributed by atoms with van der Waals surface area (Å²) in [5.74, 6) is -5.25. The summed E-state index contributed by atoms with van der Waals surface area (Å²) in [6, 6.07) is 108. The number of hydrogen-bond acceptors (Lipinski definition) is 10. The summed E-state index contributed by atoms with van der Waals surface area (Å²) >= 11 is 8.30. The van der Waals surface area contributed by atoms with Gasteiger partial charge in [0, 0.05) is 88.1 Å². The van der Waals surface area contributed by atoms with Crippen molar-refractivity contribution < 1.29 is 38.9 Å². The van der Waals surface area contributed by atoms with Gasteiger partial charge in [-0.05, 0) is 243 Å². The van der Waals surface area contributed by atoms with E-state index in [9.17, 15) is 24.3 Å². The normalized spacial score (nSPS) is 10.8. The van der Waals surface area contributed by atoms with E-state index in [-0.39, 0.29) is 35.6 Å². The number of aryl methyl sites for hydroxylation is 4. The van der Waals surface area contributed by atoms with Crippen molar-refractivity contribution in [3.05, 3.63) is 392 Å². The van der Waals surface area contributed by atoms with Crippen LogP contribution in [0.5, 0.6) is 0 Å². The van der Waals surface area contributed by atoms with E-state index in [2.05, 4.69) is 351 Å². The van der Waals surface area contributed by atoms with Crippen molar-refractivity contribution in [2.24, 2.45) is 11.8 Å². The Bertz CT molecular complexity index is 5060. The molecule has 12 rings (SSSR count). The molecule has 3 N–H and O–H groups in total. The van der Waals surface area contributed by atoms with E-state index in [1.165, 1.54) is 75.1 Å². The molecule has 0 spiro atoms. The number of rotatable bonds is 30. The van der Waals surface area contributed by atoms with Gasteiger partial charge in [0.15, 0.2) is 0 Å². The maximum Gasteiger partial charge on any atom is 0.330 e. The molecule has 3 atom stereocenters. The number of anilines is 11. The van der Waals surface area contributed by atoms with Gasteiger partial charge in [-0.3, -0.25) is 9.59 Å². The number of carboxylic acid groups (broad SMARTS) is 2. The van der Waals surface area contributed by atoms with Crippen LogP contribution in [0.2, 0.25) is 13.3 Å². The zero-order valence-electron chi connectivity index (χ0n) is 72.4. The van der Waals surface area contributed by atoms with Gasteiger partial charge in [0.2, 0.25) is 0 Å². The topological polar surface area (TPSA) is 149 Å². The quantitative estimate of drug-likeness (QED) is 0.0223. The summed E-state index contributed by atoms with van der Waals surface area (Å²) in [6.07, 6.45) is 12.5. The number of carbonyl (C=O) groups is 4. The predicted molar refractivity (Wildman–Crippen MR) is 554 cm³/mol. The molecule has 0 fully saturated rings. The van der Waals surface area contributed by atoms with E-state index < -0.39 is 54.1 Å². The Labute approximate surface area is 784 Å². The smallest absolute Gasteiger partial charge is 0.330 e. The van der Waals surface area contributed by atoms with E-state index in [4.69, 9.17) is 9.84 Å². The second kappa shape index (κ2) is 61.5. The van der Waals surface area contributed by atoms with Crippen LogP contribution in [-0.4, -0.2) is 66.7 Å². The first kappa shape index (κ1) is 111. The molecule has 0 saturated heterocycles. The molecule has 0 aliphatic rings. The monoisotopic (exact) mass is 2000 g/mol. The third-order valence-corrected chi connectivity index (χ3v) is 35.7. The Morgan fingerprint density at radius 3 is 1.03 bits per heavy atom. The molecule has 0 radical (unpaired) electrons. The van der Waals surface area contributed by atoms with Gasteiger partial charge in [-0.25, -0.2) is 9.59 Å². The van der Waals surface area contributed by atoms with Gasteiger partial charge in [0.25, 0.3) is 0 Å². The minimum absolute atomic E-state index is 0. The van der Waals surface area contributed by atoms with Gasteiger partial charge in [0.05, 0.1) is 26.1 Å². The molecular weight excluding hydrogens is 1860 g/mol. The number of hydrogen-bond donors (Lipinski definition) is 3.